The minimum Gasteiger partial charge on any atom is -0.277 e. The van der Waals surface area contributed by atoms with Crippen molar-refractivity contribution in [2.75, 3.05) is 6.26 Å². The van der Waals surface area contributed by atoms with Gasteiger partial charge in [-0.05, 0) is 49.6 Å². The number of aryl methyl sites for hydroxylation is 1. The second-order valence-corrected chi connectivity index (χ2v) is 7.31. The van der Waals surface area contributed by atoms with Crippen molar-refractivity contribution in [1.82, 2.24) is 19.5 Å². The Morgan fingerprint density at radius 2 is 1.65 bits per heavy atom. The van der Waals surface area contributed by atoms with Gasteiger partial charge in [0.1, 0.15) is 11.3 Å². The average molecular weight is 401 g/mol. The van der Waals surface area contributed by atoms with Crippen molar-refractivity contribution >= 4 is 46.1 Å². The fourth-order valence-electron chi connectivity index (χ4n) is 2.82. The van der Waals surface area contributed by atoms with Gasteiger partial charge in [-0.25, -0.2) is 15.0 Å². The molecule has 7 heteroatoms. The van der Waals surface area contributed by atoms with Gasteiger partial charge in [-0.15, -0.1) is 0 Å². The molecule has 0 radical (unpaired) electrons. The number of rotatable bonds is 3. The average Bonchev–Trinajstić information content (AvgIpc) is 3.02. The first kappa shape index (κ1) is 17.3. The molecule has 0 bridgehead atoms. The Balaban J connectivity index is 2.11. The van der Waals surface area contributed by atoms with E-state index in [0.29, 0.717) is 15.2 Å². The zero-order valence-corrected chi connectivity index (χ0v) is 16.4. The summed E-state index contributed by atoms with van der Waals surface area (Å²) in [6.07, 6.45) is 1.96. The minimum atomic E-state index is 0.633. The third-order valence-electron chi connectivity index (χ3n) is 4.04. The van der Waals surface area contributed by atoms with Gasteiger partial charge in [0.05, 0.1) is 10.7 Å². The van der Waals surface area contributed by atoms with Crippen molar-refractivity contribution in [2.45, 2.75) is 12.1 Å². The molecule has 4 rings (SSSR count). The number of hydrogen-bond donors (Lipinski definition) is 0. The molecule has 2 aromatic carbocycles. The molecule has 26 heavy (non-hydrogen) atoms. The van der Waals surface area contributed by atoms with Crippen LogP contribution in [0.25, 0.3) is 28.2 Å². The van der Waals surface area contributed by atoms with Crippen molar-refractivity contribution in [1.29, 1.82) is 0 Å². The van der Waals surface area contributed by atoms with Crippen LogP contribution >= 0.6 is 35.0 Å². The number of imidazole rings is 1. The Morgan fingerprint density at radius 1 is 0.923 bits per heavy atom. The van der Waals surface area contributed by atoms with Crippen LogP contribution in [-0.4, -0.2) is 25.8 Å². The van der Waals surface area contributed by atoms with Crippen LogP contribution in [0.2, 0.25) is 10.0 Å². The number of halogens is 2. The van der Waals surface area contributed by atoms with Gasteiger partial charge >= 0.3 is 0 Å². The van der Waals surface area contributed by atoms with Crippen LogP contribution < -0.4 is 0 Å². The Morgan fingerprint density at radius 3 is 2.35 bits per heavy atom. The lowest BCUT2D eigenvalue weighted by molar-refractivity contribution is 0.946. The third-order valence-corrected chi connectivity index (χ3v) is 5.17. The van der Waals surface area contributed by atoms with E-state index in [9.17, 15) is 0 Å². The molecule has 0 saturated heterocycles. The predicted molar refractivity (Wildman–Crippen MR) is 109 cm³/mol. The summed E-state index contributed by atoms with van der Waals surface area (Å²) in [5, 5.41) is 2.01. The molecule has 130 valence electrons. The molecular weight excluding hydrogens is 387 g/mol. The van der Waals surface area contributed by atoms with E-state index in [1.54, 1.807) is 0 Å². The molecule has 0 N–H and O–H groups in total. The van der Waals surface area contributed by atoms with Crippen molar-refractivity contribution < 1.29 is 0 Å². The Hall–Kier alpha value is -2.08. The van der Waals surface area contributed by atoms with Gasteiger partial charge < -0.3 is 0 Å². The highest BCUT2D eigenvalue weighted by molar-refractivity contribution is 7.98. The Bertz CT molecular complexity index is 1110. The highest BCUT2D eigenvalue weighted by Gasteiger charge is 2.20. The van der Waals surface area contributed by atoms with E-state index < -0.39 is 0 Å². The molecule has 0 aliphatic heterocycles. The predicted octanol–water partition coefficient (Wildman–Crippen LogP) is 5.82. The maximum absolute atomic E-state index is 6.45. The topological polar surface area (TPSA) is 43.6 Å². The smallest absolute Gasteiger partial charge is 0.189 e. The van der Waals surface area contributed by atoms with Crippen LogP contribution in [0.4, 0.5) is 0 Å². The van der Waals surface area contributed by atoms with Crippen LogP contribution in [-0.2, 0) is 0 Å². The largest absolute Gasteiger partial charge is 0.277 e. The molecule has 4 nitrogen and oxygen atoms in total. The van der Waals surface area contributed by atoms with E-state index in [4.69, 9.17) is 33.2 Å². The molecular formula is C19H14Cl2N4S. The molecule has 0 atom stereocenters. The highest BCUT2D eigenvalue weighted by Crippen LogP contribution is 2.33. The van der Waals surface area contributed by atoms with Crippen molar-refractivity contribution in [3.8, 4) is 17.1 Å². The monoisotopic (exact) mass is 400 g/mol. The Labute approximate surface area is 165 Å². The quantitative estimate of drug-likeness (QED) is 0.321. The third kappa shape index (κ3) is 2.96. The molecule has 0 aliphatic rings. The van der Waals surface area contributed by atoms with Crippen molar-refractivity contribution in [2.24, 2.45) is 0 Å². The number of benzene rings is 2. The van der Waals surface area contributed by atoms with Gasteiger partial charge in [0.25, 0.3) is 0 Å². The first-order valence-electron chi connectivity index (χ1n) is 7.90. The zero-order chi connectivity index (χ0) is 18.3. The number of aromatic nitrogens is 4. The van der Waals surface area contributed by atoms with Crippen LogP contribution in [0, 0.1) is 6.92 Å². The van der Waals surface area contributed by atoms with Gasteiger partial charge in [-0.1, -0.05) is 47.1 Å². The summed E-state index contributed by atoms with van der Waals surface area (Å²) in [5.41, 5.74) is 4.09. The lowest BCUT2D eigenvalue weighted by Crippen LogP contribution is -2.00. The summed E-state index contributed by atoms with van der Waals surface area (Å²) >= 11 is 14.0. The van der Waals surface area contributed by atoms with E-state index in [1.807, 2.05) is 66.3 Å². The minimum absolute atomic E-state index is 0.633. The first-order valence-corrected chi connectivity index (χ1v) is 9.88. The van der Waals surface area contributed by atoms with Gasteiger partial charge in [-0.3, -0.25) is 4.57 Å². The van der Waals surface area contributed by atoms with E-state index in [0.717, 1.165) is 33.9 Å². The van der Waals surface area contributed by atoms with Gasteiger partial charge in [0.2, 0.25) is 0 Å². The first-order chi connectivity index (χ1) is 12.6. The molecule has 0 amide bonds. The molecule has 0 unspecified atom stereocenters. The van der Waals surface area contributed by atoms with E-state index in [-0.39, 0.29) is 0 Å². The highest BCUT2D eigenvalue weighted by atomic mass is 35.5. The molecule has 0 aliphatic carbocycles. The van der Waals surface area contributed by atoms with Crippen LogP contribution in [0.15, 0.2) is 53.7 Å². The maximum Gasteiger partial charge on any atom is 0.189 e. The van der Waals surface area contributed by atoms with E-state index in [1.165, 1.54) is 11.8 Å². The van der Waals surface area contributed by atoms with Gasteiger partial charge in [0, 0.05) is 16.3 Å². The maximum atomic E-state index is 6.45. The molecule has 0 spiro atoms. The summed E-state index contributed by atoms with van der Waals surface area (Å²) in [4.78, 5) is 14.1. The lowest BCUT2D eigenvalue weighted by atomic mass is 10.2. The van der Waals surface area contributed by atoms with Gasteiger partial charge in [0.15, 0.2) is 10.8 Å². The number of fused-ring (bicyclic) bond motifs is 1. The van der Waals surface area contributed by atoms with Crippen LogP contribution in [0.3, 0.4) is 0 Å². The molecule has 0 fully saturated rings. The standard InChI is InChI=1S/C19H14Cl2N4S/c1-11-16-18(24-19(22-11)26-2)25(13-9-7-12(20)8-10-13)17(23-16)14-5-3-4-6-15(14)21/h3-10H,1-2H3. The number of hydrogen-bond acceptors (Lipinski definition) is 4. The van der Waals surface area contributed by atoms with Gasteiger partial charge in [-0.2, -0.15) is 0 Å². The summed E-state index contributed by atoms with van der Waals surface area (Å²) < 4.78 is 2.00. The number of thioether (sulfide) groups is 1. The molecule has 4 aromatic rings. The fraction of sp³-hybridized carbons (Fsp3) is 0.105. The summed E-state index contributed by atoms with van der Waals surface area (Å²) in [7, 11) is 0. The van der Waals surface area contributed by atoms with E-state index in [2.05, 4.69) is 4.98 Å². The SMILES string of the molecule is CSc1nc(C)c2nc(-c3ccccc3Cl)n(-c3ccc(Cl)cc3)c2n1. The summed E-state index contributed by atoms with van der Waals surface area (Å²) in [6, 6.07) is 15.2. The second-order valence-electron chi connectivity index (χ2n) is 5.70. The fourth-order valence-corrected chi connectivity index (χ4v) is 3.57. The van der Waals surface area contributed by atoms with Crippen molar-refractivity contribution in [3.05, 3.63) is 64.3 Å². The second kappa shape index (κ2) is 6.91. The van der Waals surface area contributed by atoms with E-state index >= 15 is 0 Å². The molecule has 2 aromatic heterocycles. The van der Waals surface area contributed by atoms with Crippen LogP contribution in [0.1, 0.15) is 5.69 Å². The normalized spacial score (nSPS) is 11.2. The zero-order valence-electron chi connectivity index (χ0n) is 14.1. The summed E-state index contributed by atoms with van der Waals surface area (Å²) in [6.45, 7) is 1.94. The molecule has 0 saturated carbocycles. The number of nitrogens with zero attached hydrogens (tertiary/aromatic N) is 4. The summed E-state index contributed by atoms with van der Waals surface area (Å²) in [5.74, 6) is 0.726. The molecule has 2 heterocycles. The van der Waals surface area contributed by atoms with Crippen molar-refractivity contribution in [3.63, 3.8) is 0 Å². The lowest BCUT2D eigenvalue weighted by Gasteiger charge is -2.10. The van der Waals surface area contributed by atoms with Crippen LogP contribution in [0.5, 0.6) is 0 Å². The Kier molecular flexibility index (Phi) is 4.61.